The Bertz CT molecular complexity index is 414. The molecule has 7 nitrogen and oxygen atoms in total. The molecule has 86 valence electrons. The summed E-state index contributed by atoms with van der Waals surface area (Å²) in [7, 11) is 1.77. The largest absolute Gasteiger partial charge is 0.347 e. The molecule has 2 amide bonds. The second-order valence-corrected chi connectivity index (χ2v) is 3.64. The molecule has 1 saturated heterocycles. The predicted octanol–water partition coefficient (Wildman–Crippen LogP) is -1.34. The SMILES string of the molecule is Cn1ncnc1CN1CCC(=O)NCC1=O. The lowest BCUT2D eigenvalue weighted by Gasteiger charge is -2.18. The van der Waals surface area contributed by atoms with Crippen molar-refractivity contribution in [1.82, 2.24) is 25.0 Å². The van der Waals surface area contributed by atoms with Crippen LogP contribution in [-0.4, -0.2) is 44.6 Å². The molecular weight excluding hydrogens is 210 g/mol. The Morgan fingerprint density at radius 1 is 1.50 bits per heavy atom. The Hall–Kier alpha value is -1.92. The minimum absolute atomic E-state index is 0.0662. The van der Waals surface area contributed by atoms with Crippen molar-refractivity contribution >= 4 is 11.8 Å². The van der Waals surface area contributed by atoms with Crippen molar-refractivity contribution in [2.45, 2.75) is 13.0 Å². The minimum atomic E-state index is -0.0891. The number of carbonyl (C=O) groups excluding carboxylic acids is 2. The van der Waals surface area contributed by atoms with E-state index in [4.69, 9.17) is 0 Å². The second-order valence-electron chi connectivity index (χ2n) is 3.64. The fourth-order valence-corrected chi connectivity index (χ4v) is 1.54. The molecule has 0 radical (unpaired) electrons. The lowest BCUT2D eigenvalue weighted by molar-refractivity contribution is -0.130. The average molecular weight is 223 g/mol. The number of amides is 2. The highest BCUT2D eigenvalue weighted by molar-refractivity contribution is 5.87. The van der Waals surface area contributed by atoms with Gasteiger partial charge in [-0.15, -0.1) is 0 Å². The standard InChI is InChI=1S/C9H13N5O2/c1-13-7(11-6-12-13)5-14-3-2-8(15)10-4-9(14)16/h6H,2-5H2,1H3,(H,10,15). The van der Waals surface area contributed by atoms with Crippen LogP contribution in [0.3, 0.4) is 0 Å². The third-order valence-corrected chi connectivity index (χ3v) is 2.54. The first-order valence-electron chi connectivity index (χ1n) is 5.04. The average Bonchev–Trinajstić information content (AvgIpc) is 2.59. The number of aromatic nitrogens is 3. The Labute approximate surface area is 92.4 Å². The van der Waals surface area contributed by atoms with Crippen LogP contribution in [0.2, 0.25) is 0 Å². The first-order valence-corrected chi connectivity index (χ1v) is 5.04. The summed E-state index contributed by atoms with van der Waals surface area (Å²) in [4.78, 5) is 28.4. The summed E-state index contributed by atoms with van der Waals surface area (Å²) in [6, 6.07) is 0. The first kappa shape index (κ1) is 10.6. The fourth-order valence-electron chi connectivity index (χ4n) is 1.54. The maximum absolute atomic E-state index is 11.7. The van der Waals surface area contributed by atoms with Gasteiger partial charge in [-0.1, -0.05) is 0 Å². The molecule has 0 saturated carbocycles. The third-order valence-electron chi connectivity index (χ3n) is 2.54. The van der Waals surface area contributed by atoms with E-state index in [1.54, 1.807) is 16.6 Å². The van der Waals surface area contributed by atoms with E-state index in [0.29, 0.717) is 25.3 Å². The Morgan fingerprint density at radius 3 is 3.00 bits per heavy atom. The molecule has 0 unspecified atom stereocenters. The van der Waals surface area contributed by atoms with Crippen LogP contribution in [0.4, 0.5) is 0 Å². The lowest BCUT2D eigenvalue weighted by Crippen LogP contribution is -2.35. The summed E-state index contributed by atoms with van der Waals surface area (Å²) in [5.41, 5.74) is 0. The molecule has 16 heavy (non-hydrogen) atoms. The topological polar surface area (TPSA) is 80.1 Å². The van der Waals surface area contributed by atoms with Crippen molar-refractivity contribution in [2.75, 3.05) is 13.1 Å². The zero-order valence-corrected chi connectivity index (χ0v) is 9.01. The van der Waals surface area contributed by atoms with Crippen molar-refractivity contribution in [3.05, 3.63) is 12.2 Å². The number of nitrogens with zero attached hydrogens (tertiary/aromatic N) is 4. The van der Waals surface area contributed by atoms with Crippen molar-refractivity contribution in [1.29, 1.82) is 0 Å². The number of hydrogen-bond donors (Lipinski definition) is 1. The molecule has 1 aromatic rings. The molecule has 2 heterocycles. The van der Waals surface area contributed by atoms with Crippen LogP contribution in [0, 0.1) is 0 Å². The van der Waals surface area contributed by atoms with Crippen LogP contribution in [0.1, 0.15) is 12.2 Å². The summed E-state index contributed by atoms with van der Waals surface area (Å²) in [5.74, 6) is 0.533. The van der Waals surface area contributed by atoms with Gasteiger partial charge in [-0.25, -0.2) is 4.98 Å². The van der Waals surface area contributed by atoms with E-state index in [2.05, 4.69) is 15.4 Å². The van der Waals surface area contributed by atoms with Gasteiger partial charge in [0.15, 0.2) is 0 Å². The van der Waals surface area contributed by atoms with Crippen LogP contribution in [0.5, 0.6) is 0 Å². The van der Waals surface area contributed by atoms with Gasteiger partial charge >= 0.3 is 0 Å². The van der Waals surface area contributed by atoms with Gasteiger partial charge in [0.25, 0.3) is 0 Å². The number of carbonyl (C=O) groups is 2. The van der Waals surface area contributed by atoms with Gasteiger partial charge in [-0.3, -0.25) is 14.3 Å². The lowest BCUT2D eigenvalue weighted by atomic mass is 10.3. The molecule has 1 N–H and O–H groups in total. The van der Waals surface area contributed by atoms with Crippen LogP contribution in [0.25, 0.3) is 0 Å². The van der Waals surface area contributed by atoms with Gasteiger partial charge < -0.3 is 10.2 Å². The van der Waals surface area contributed by atoms with E-state index in [9.17, 15) is 9.59 Å². The van der Waals surface area contributed by atoms with Gasteiger partial charge in [0.1, 0.15) is 12.2 Å². The van der Waals surface area contributed by atoms with Crippen LogP contribution in [0.15, 0.2) is 6.33 Å². The highest BCUT2D eigenvalue weighted by Crippen LogP contribution is 2.04. The summed E-state index contributed by atoms with van der Waals surface area (Å²) in [5, 5.41) is 6.48. The third kappa shape index (κ3) is 2.18. The van der Waals surface area contributed by atoms with E-state index < -0.39 is 0 Å². The Kier molecular flexibility index (Phi) is 2.84. The quantitative estimate of drug-likeness (QED) is 0.673. The maximum Gasteiger partial charge on any atom is 0.242 e. The molecule has 2 rings (SSSR count). The fraction of sp³-hybridized carbons (Fsp3) is 0.556. The van der Waals surface area contributed by atoms with Crippen LogP contribution < -0.4 is 5.32 Å². The molecule has 0 spiro atoms. The van der Waals surface area contributed by atoms with Gasteiger partial charge in [-0.05, 0) is 0 Å². The molecule has 1 aromatic heterocycles. The highest BCUT2D eigenvalue weighted by atomic mass is 16.2. The molecule has 0 aromatic carbocycles. The smallest absolute Gasteiger partial charge is 0.242 e. The molecule has 0 aliphatic carbocycles. The number of hydrogen-bond acceptors (Lipinski definition) is 4. The molecule has 7 heteroatoms. The first-order chi connectivity index (χ1) is 7.66. The summed E-state index contributed by atoms with van der Waals surface area (Å²) in [6.07, 6.45) is 1.78. The van der Waals surface area contributed by atoms with E-state index >= 15 is 0 Å². The zero-order valence-electron chi connectivity index (χ0n) is 9.01. The van der Waals surface area contributed by atoms with E-state index in [0.717, 1.165) is 0 Å². The summed E-state index contributed by atoms with van der Waals surface area (Å²) in [6.45, 7) is 0.887. The number of nitrogens with one attached hydrogen (secondary N) is 1. The van der Waals surface area contributed by atoms with Crippen molar-refractivity contribution in [3.63, 3.8) is 0 Å². The van der Waals surface area contributed by atoms with Gasteiger partial charge in [0.2, 0.25) is 11.8 Å². The Morgan fingerprint density at radius 2 is 2.31 bits per heavy atom. The maximum atomic E-state index is 11.7. The van der Waals surface area contributed by atoms with E-state index in [1.807, 2.05) is 0 Å². The van der Waals surface area contributed by atoms with Crippen molar-refractivity contribution in [2.24, 2.45) is 7.05 Å². The van der Waals surface area contributed by atoms with Gasteiger partial charge in [-0.2, -0.15) is 5.10 Å². The van der Waals surface area contributed by atoms with Crippen molar-refractivity contribution in [3.8, 4) is 0 Å². The molecule has 1 aliphatic rings. The monoisotopic (exact) mass is 223 g/mol. The van der Waals surface area contributed by atoms with Crippen molar-refractivity contribution < 1.29 is 9.59 Å². The van der Waals surface area contributed by atoms with E-state index in [-0.39, 0.29) is 18.4 Å². The molecular formula is C9H13N5O2. The minimum Gasteiger partial charge on any atom is -0.347 e. The molecule has 0 bridgehead atoms. The molecule has 0 atom stereocenters. The van der Waals surface area contributed by atoms with Crippen LogP contribution in [-0.2, 0) is 23.2 Å². The summed E-state index contributed by atoms with van der Waals surface area (Å²) >= 11 is 0. The summed E-state index contributed by atoms with van der Waals surface area (Å²) < 4.78 is 1.62. The second kappa shape index (κ2) is 4.30. The van der Waals surface area contributed by atoms with E-state index in [1.165, 1.54) is 6.33 Å². The number of aryl methyl sites for hydroxylation is 1. The number of rotatable bonds is 2. The Balaban J connectivity index is 2.06. The van der Waals surface area contributed by atoms with Crippen LogP contribution >= 0.6 is 0 Å². The normalized spacial score (nSPS) is 17.2. The predicted molar refractivity (Wildman–Crippen MR) is 54.0 cm³/mol. The molecule has 1 fully saturated rings. The zero-order chi connectivity index (χ0) is 11.5. The van der Waals surface area contributed by atoms with Gasteiger partial charge in [0, 0.05) is 20.0 Å². The van der Waals surface area contributed by atoms with Gasteiger partial charge in [0.05, 0.1) is 13.1 Å². The molecule has 1 aliphatic heterocycles. The highest BCUT2D eigenvalue weighted by Gasteiger charge is 2.21.